The number of ether oxygens (including phenoxy) is 1. The van der Waals surface area contributed by atoms with E-state index < -0.39 is 0 Å². The fraction of sp³-hybridized carbons (Fsp3) is 0.185. The van der Waals surface area contributed by atoms with Gasteiger partial charge in [0.2, 0.25) is 0 Å². The first-order chi connectivity index (χ1) is 15.9. The SMILES string of the molecule is COC(=O)c1ccc(CCCc2ccc(NC(=O)c3c(N)[nH]c4ccc(C)cc34)cc2)cc1. The van der Waals surface area contributed by atoms with Gasteiger partial charge in [0.15, 0.2) is 0 Å². The van der Waals surface area contributed by atoms with Gasteiger partial charge >= 0.3 is 5.97 Å². The number of hydrogen-bond acceptors (Lipinski definition) is 4. The fourth-order valence-corrected chi connectivity index (χ4v) is 3.94. The van der Waals surface area contributed by atoms with E-state index in [2.05, 4.69) is 10.3 Å². The number of nitrogens with one attached hydrogen (secondary N) is 2. The maximum absolute atomic E-state index is 12.9. The van der Waals surface area contributed by atoms with E-state index in [1.54, 1.807) is 12.1 Å². The van der Waals surface area contributed by atoms with Crippen molar-refractivity contribution in [3.05, 3.63) is 94.5 Å². The monoisotopic (exact) mass is 441 g/mol. The molecule has 0 aliphatic carbocycles. The number of methoxy groups -OCH3 is 1. The number of fused-ring (bicyclic) bond motifs is 1. The molecule has 1 aromatic heterocycles. The van der Waals surface area contributed by atoms with E-state index in [1.165, 1.54) is 18.2 Å². The van der Waals surface area contributed by atoms with Gasteiger partial charge in [-0.1, -0.05) is 35.9 Å². The molecular formula is C27H27N3O3. The third-order valence-corrected chi connectivity index (χ3v) is 5.73. The van der Waals surface area contributed by atoms with E-state index in [0.29, 0.717) is 16.9 Å². The number of carbonyl (C=O) groups excluding carboxylic acids is 2. The number of rotatable bonds is 7. The Balaban J connectivity index is 1.34. The standard InChI is InChI=1S/C27H27N3O3/c1-17-6-15-23-22(16-17)24(25(28)30-23)26(31)29-21-13-9-19(10-14-21)5-3-4-18-7-11-20(12-8-18)27(32)33-2/h6-16,30H,3-5,28H2,1-2H3,(H,29,31). The average molecular weight is 442 g/mol. The number of aromatic amines is 1. The zero-order valence-corrected chi connectivity index (χ0v) is 18.8. The number of nitrogens with two attached hydrogens (primary N) is 1. The van der Waals surface area contributed by atoms with E-state index in [4.69, 9.17) is 10.5 Å². The van der Waals surface area contributed by atoms with Gasteiger partial charge in [-0.05, 0) is 73.7 Å². The zero-order valence-electron chi connectivity index (χ0n) is 18.8. The van der Waals surface area contributed by atoms with Crippen LogP contribution in [-0.2, 0) is 17.6 Å². The van der Waals surface area contributed by atoms with Crippen LogP contribution in [0.2, 0.25) is 0 Å². The smallest absolute Gasteiger partial charge is 0.337 e. The Labute approximate surface area is 192 Å². The lowest BCUT2D eigenvalue weighted by molar-refractivity contribution is 0.0600. The number of benzene rings is 3. The molecule has 33 heavy (non-hydrogen) atoms. The second-order valence-electron chi connectivity index (χ2n) is 8.16. The van der Waals surface area contributed by atoms with Crippen molar-refractivity contribution in [2.75, 3.05) is 18.2 Å². The quantitative estimate of drug-likeness (QED) is 0.340. The maximum Gasteiger partial charge on any atom is 0.337 e. The minimum atomic E-state index is -0.323. The Bertz CT molecular complexity index is 1290. The van der Waals surface area contributed by atoms with Gasteiger partial charge in [-0.25, -0.2) is 4.79 Å². The second kappa shape index (κ2) is 9.61. The molecule has 4 N–H and O–H groups in total. The Morgan fingerprint density at radius 1 is 0.939 bits per heavy atom. The number of aryl methyl sites for hydroxylation is 3. The highest BCUT2D eigenvalue weighted by Gasteiger charge is 2.17. The number of amides is 1. The number of H-pyrrole nitrogens is 1. The predicted molar refractivity (Wildman–Crippen MR) is 132 cm³/mol. The molecule has 0 saturated carbocycles. The van der Waals surface area contributed by atoms with E-state index in [-0.39, 0.29) is 11.9 Å². The molecule has 4 aromatic rings. The topological polar surface area (TPSA) is 97.2 Å². The van der Waals surface area contributed by atoms with Crippen LogP contribution in [0.5, 0.6) is 0 Å². The first-order valence-corrected chi connectivity index (χ1v) is 10.9. The lowest BCUT2D eigenvalue weighted by Crippen LogP contribution is -2.13. The van der Waals surface area contributed by atoms with Crippen LogP contribution in [0.15, 0.2) is 66.7 Å². The van der Waals surface area contributed by atoms with Crippen molar-refractivity contribution in [2.24, 2.45) is 0 Å². The molecule has 0 atom stereocenters. The van der Waals surface area contributed by atoms with Crippen LogP contribution < -0.4 is 11.1 Å². The first kappa shape index (κ1) is 22.1. The summed E-state index contributed by atoms with van der Waals surface area (Å²) < 4.78 is 4.73. The number of anilines is 2. The normalized spacial score (nSPS) is 10.8. The Kier molecular flexibility index (Phi) is 6.45. The number of hydrogen-bond donors (Lipinski definition) is 3. The van der Waals surface area contributed by atoms with Gasteiger partial charge in [0.25, 0.3) is 5.91 Å². The number of aromatic nitrogens is 1. The summed E-state index contributed by atoms with van der Waals surface area (Å²) in [6.45, 7) is 1.99. The molecule has 4 rings (SSSR count). The summed E-state index contributed by atoms with van der Waals surface area (Å²) in [7, 11) is 1.38. The molecule has 0 saturated heterocycles. The van der Waals surface area contributed by atoms with E-state index in [0.717, 1.165) is 41.4 Å². The number of carbonyl (C=O) groups is 2. The molecule has 0 bridgehead atoms. The van der Waals surface area contributed by atoms with Crippen LogP contribution in [0.25, 0.3) is 10.9 Å². The van der Waals surface area contributed by atoms with Crippen LogP contribution in [0.3, 0.4) is 0 Å². The molecule has 0 radical (unpaired) electrons. The van der Waals surface area contributed by atoms with Gasteiger partial charge < -0.3 is 20.8 Å². The molecule has 1 amide bonds. The first-order valence-electron chi connectivity index (χ1n) is 10.9. The molecule has 3 aromatic carbocycles. The third kappa shape index (κ3) is 5.06. The molecule has 6 heteroatoms. The summed E-state index contributed by atoms with van der Waals surface area (Å²) in [6.07, 6.45) is 2.81. The Morgan fingerprint density at radius 2 is 1.58 bits per heavy atom. The second-order valence-corrected chi connectivity index (χ2v) is 8.16. The Morgan fingerprint density at radius 3 is 2.21 bits per heavy atom. The largest absolute Gasteiger partial charge is 0.465 e. The van der Waals surface area contributed by atoms with E-state index >= 15 is 0 Å². The highest BCUT2D eigenvalue weighted by molar-refractivity contribution is 6.16. The maximum atomic E-state index is 12.9. The van der Waals surface area contributed by atoms with E-state index in [1.807, 2.05) is 61.5 Å². The van der Waals surface area contributed by atoms with Crippen molar-refractivity contribution < 1.29 is 14.3 Å². The summed E-state index contributed by atoms with van der Waals surface area (Å²) in [5.41, 5.74) is 12.1. The molecule has 168 valence electrons. The van der Waals surface area contributed by atoms with Crippen molar-refractivity contribution in [3.8, 4) is 0 Å². The van der Waals surface area contributed by atoms with Gasteiger partial charge in [-0.15, -0.1) is 0 Å². The van der Waals surface area contributed by atoms with Crippen molar-refractivity contribution >= 4 is 34.3 Å². The molecule has 0 aliphatic rings. The third-order valence-electron chi connectivity index (χ3n) is 5.73. The summed E-state index contributed by atoms with van der Waals surface area (Å²) in [5.74, 6) is -0.187. The molecule has 6 nitrogen and oxygen atoms in total. The van der Waals surface area contributed by atoms with Crippen molar-refractivity contribution in [1.82, 2.24) is 4.98 Å². The highest BCUT2D eigenvalue weighted by Crippen LogP contribution is 2.26. The van der Waals surface area contributed by atoms with Crippen molar-refractivity contribution in [3.63, 3.8) is 0 Å². The summed E-state index contributed by atoms with van der Waals surface area (Å²) in [4.78, 5) is 27.5. The average Bonchev–Trinajstić information content (AvgIpc) is 3.15. The van der Waals surface area contributed by atoms with Crippen molar-refractivity contribution in [1.29, 1.82) is 0 Å². The Hall–Kier alpha value is -4.06. The summed E-state index contributed by atoms with van der Waals surface area (Å²) >= 11 is 0. The summed E-state index contributed by atoms with van der Waals surface area (Å²) in [5, 5.41) is 3.77. The molecule has 0 aliphatic heterocycles. The van der Waals surface area contributed by atoms with Crippen LogP contribution in [0, 0.1) is 6.92 Å². The minimum absolute atomic E-state index is 0.229. The van der Waals surface area contributed by atoms with Crippen LogP contribution >= 0.6 is 0 Å². The van der Waals surface area contributed by atoms with Gasteiger partial charge in [0, 0.05) is 16.6 Å². The predicted octanol–water partition coefficient (Wildman–Crippen LogP) is 5.27. The minimum Gasteiger partial charge on any atom is -0.465 e. The number of esters is 1. The lowest BCUT2D eigenvalue weighted by atomic mass is 10.0. The molecule has 0 fully saturated rings. The van der Waals surface area contributed by atoms with Gasteiger partial charge in [-0.3, -0.25) is 4.79 Å². The summed E-state index contributed by atoms with van der Waals surface area (Å²) in [6, 6.07) is 21.3. The molecule has 1 heterocycles. The van der Waals surface area contributed by atoms with Gasteiger partial charge in [0.1, 0.15) is 5.82 Å². The van der Waals surface area contributed by atoms with Crippen LogP contribution in [0.4, 0.5) is 11.5 Å². The fourth-order valence-electron chi connectivity index (χ4n) is 3.94. The highest BCUT2D eigenvalue weighted by atomic mass is 16.5. The van der Waals surface area contributed by atoms with Crippen molar-refractivity contribution in [2.45, 2.75) is 26.2 Å². The lowest BCUT2D eigenvalue weighted by Gasteiger charge is -2.08. The zero-order chi connectivity index (χ0) is 23.4. The molecule has 0 spiro atoms. The van der Waals surface area contributed by atoms with E-state index in [9.17, 15) is 9.59 Å². The van der Waals surface area contributed by atoms with Crippen LogP contribution in [0.1, 0.15) is 43.8 Å². The van der Waals surface area contributed by atoms with Gasteiger partial charge in [0.05, 0.1) is 18.2 Å². The number of nitrogen functional groups attached to an aromatic ring is 1. The molecular weight excluding hydrogens is 414 g/mol. The molecule has 0 unspecified atom stereocenters. The van der Waals surface area contributed by atoms with Gasteiger partial charge in [-0.2, -0.15) is 0 Å². The van der Waals surface area contributed by atoms with Crippen LogP contribution in [-0.4, -0.2) is 24.0 Å².